The van der Waals surface area contributed by atoms with E-state index in [0.29, 0.717) is 19.3 Å². The van der Waals surface area contributed by atoms with E-state index in [4.69, 9.17) is 14.2 Å². The SMILES string of the molecule is CCC/C=C\C/C=C\CCCCCCCC(=O)OC(COC(=O)CCCCCCC/C=C\CCCCCC)COC(=O)CCCCCCC/C=C\CCCCCCCC. The van der Waals surface area contributed by atoms with Gasteiger partial charge in [-0.15, -0.1) is 0 Å². The van der Waals surface area contributed by atoms with Gasteiger partial charge in [0, 0.05) is 19.3 Å². The molecule has 0 aromatic carbocycles. The van der Waals surface area contributed by atoms with Crippen LogP contribution in [-0.2, 0) is 28.6 Å². The van der Waals surface area contributed by atoms with Gasteiger partial charge in [0.2, 0.25) is 0 Å². The number of allylic oxidation sites excluding steroid dienone is 8. The van der Waals surface area contributed by atoms with E-state index in [9.17, 15) is 14.4 Å². The zero-order chi connectivity index (χ0) is 43.0. The second-order valence-corrected chi connectivity index (χ2v) is 16.7. The first-order chi connectivity index (χ1) is 29.0. The van der Waals surface area contributed by atoms with E-state index in [0.717, 1.165) is 103 Å². The fourth-order valence-electron chi connectivity index (χ4n) is 6.94. The molecule has 0 radical (unpaired) electrons. The molecule has 1 unspecified atom stereocenters. The summed E-state index contributed by atoms with van der Waals surface area (Å²) < 4.78 is 16.7. The summed E-state index contributed by atoms with van der Waals surface area (Å²) in [4.78, 5) is 37.9. The van der Waals surface area contributed by atoms with Crippen LogP contribution in [0.3, 0.4) is 0 Å². The summed E-state index contributed by atoms with van der Waals surface area (Å²) in [6.07, 6.45) is 56.6. The Bertz CT molecular complexity index is 1040. The minimum absolute atomic E-state index is 0.0853. The number of rotatable bonds is 45. The molecular formula is C53H94O6. The van der Waals surface area contributed by atoms with Gasteiger partial charge in [0.25, 0.3) is 0 Å². The molecule has 0 bridgehead atoms. The maximum Gasteiger partial charge on any atom is 0.306 e. The number of esters is 3. The fraction of sp³-hybridized carbons (Fsp3) is 0.792. The number of carbonyl (C=O) groups excluding carboxylic acids is 3. The molecule has 6 heteroatoms. The molecule has 0 aromatic heterocycles. The monoisotopic (exact) mass is 827 g/mol. The van der Waals surface area contributed by atoms with Crippen LogP contribution in [0.1, 0.15) is 252 Å². The lowest BCUT2D eigenvalue weighted by Gasteiger charge is -2.18. The molecule has 0 spiro atoms. The molecule has 0 heterocycles. The van der Waals surface area contributed by atoms with Gasteiger partial charge in [0.1, 0.15) is 13.2 Å². The Labute approximate surface area is 365 Å². The van der Waals surface area contributed by atoms with Crippen LogP contribution < -0.4 is 0 Å². The summed E-state index contributed by atoms with van der Waals surface area (Å²) in [6, 6.07) is 0. The van der Waals surface area contributed by atoms with Crippen molar-refractivity contribution in [1.82, 2.24) is 0 Å². The second kappa shape index (κ2) is 48.0. The molecule has 59 heavy (non-hydrogen) atoms. The van der Waals surface area contributed by atoms with Gasteiger partial charge in [0.15, 0.2) is 6.10 Å². The standard InChI is InChI=1S/C53H94O6/c1-4-7-10-13-16-19-22-25-26-29-31-34-37-40-43-46-52(55)58-49-50(59-53(56)47-44-41-38-35-32-28-24-21-18-15-12-9-6-3)48-57-51(54)45-42-39-36-33-30-27-23-20-17-14-11-8-5-2/h12,15,20-21,23-26,50H,4-11,13-14,16-19,22,27-49H2,1-3H3/b15-12-,23-20-,24-21-,26-25-. The minimum atomic E-state index is -0.784. The molecule has 0 rings (SSSR count). The third kappa shape index (κ3) is 46.3. The summed E-state index contributed by atoms with van der Waals surface area (Å²) in [5.41, 5.74) is 0. The highest BCUT2D eigenvalue weighted by atomic mass is 16.6. The van der Waals surface area contributed by atoms with Crippen molar-refractivity contribution in [1.29, 1.82) is 0 Å². The van der Waals surface area contributed by atoms with Crippen molar-refractivity contribution in [3.63, 3.8) is 0 Å². The van der Waals surface area contributed by atoms with Crippen LogP contribution in [-0.4, -0.2) is 37.2 Å². The number of unbranched alkanes of at least 4 members (excludes halogenated alkanes) is 26. The van der Waals surface area contributed by atoms with Crippen molar-refractivity contribution in [2.45, 2.75) is 258 Å². The second-order valence-electron chi connectivity index (χ2n) is 16.7. The molecule has 0 aliphatic rings. The van der Waals surface area contributed by atoms with E-state index in [1.165, 1.54) is 109 Å². The Balaban J connectivity index is 4.41. The number of hydrogen-bond donors (Lipinski definition) is 0. The predicted molar refractivity (Wildman–Crippen MR) is 252 cm³/mol. The molecule has 0 saturated carbocycles. The fourth-order valence-corrected chi connectivity index (χ4v) is 6.94. The largest absolute Gasteiger partial charge is 0.462 e. The lowest BCUT2D eigenvalue weighted by molar-refractivity contribution is -0.167. The molecule has 0 fully saturated rings. The van der Waals surface area contributed by atoms with Gasteiger partial charge < -0.3 is 14.2 Å². The van der Waals surface area contributed by atoms with Crippen molar-refractivity contribution < 1.29 is 28.6 Å². The molecule has 6 nitrogen and oxygen atoms in total. The number of carbonyl (C=O) groups is 3. The van der Waals surface area contributed by atoms with Crippen LogP contribution in [0.2, 0.25) is 0 Å². The Hall–Kier alpha value is -2.63. The zero-order valence-electron chi connectivity index (χ0n) is 39.0. The van der Waals surface area contributed by atoms with Crippen molar-refractivity contribution in [3.8, 4) is 0 Å². The summed E-state index contributed by atoms with van der Waals surface area (Å²) >= 11 is 0. The summed E-state index contributed by atoms with van der Waals surface area (Å²) in [5, 5.41) is 0. The molecule has 0 aliphatic carbocycles. The van der Waals surface area contributed by atoms with Crippen LogP contribution >= 0.6 is 0 Å². The summed E-state index contributed by atoms with van der Waals surface area (Å²) in [5.74, 6) is -0.912. The van der Waals surface area contributed by atoms with Crippen LogP contribution in [0.5, 0.6) is 0 Å². The Morgan fingerprint density at radius 2 is 0.644 bits per heavy atom. The topological polar surface area (TPSA) is 78.9 Å². The lowest BCUT2D eigenvalue weighted by atomic mass is 10.1. The molecule has 0 amide bonds. The van der Waals surface area contributed by atoms with Crippen molar-refractivity contribution in [2.24, 2.45) is 0 Å². The minimum Gasteiger partial charge on any atom is -0.462 e. The van der Waals surface area contributed by atoms with Gasteiger partial charge >= 0.3 is 17.9 Å². The highest BCUT2D eigenvalue weighted by Gasteiger charge is 2.19. The summed E-state index contributed by atoms with van der Waals surface area (Å²) in [6.45, 7) is 6.53. The Morgan fingerprint density at radius 1 is 0.339 bits per heavy atom. The molecule has 0 N–H and O–H groups in total. The number of hydrogen-bond acceptors (Lipinski definition) is 6. The highest BCUT2D eigenvalue weighted by Crippen LogP contribution is 2.14. The zero-order valence-corrected chi connectivity index (χ0v) is 39.0. The molecule has 0 saturated heterocycles. The van der Waals surface area contributed by atoms with Gasteiger partial charge in [0.05, 0.1) is 0 Å². The first kappa shape index (κ1) is 56.4. The maximum absolute atomic E-state index is 12.8. The Kier molecular flexibility index (Phi) is 45.9. The molecule has 1 atom stereocenters. The average molecular weight is 827 g/mol. The Morgan fingerprint density at radius 3 is 1.03 bits per heavy atom. The van der Waals surface area contributed by atoms with Gasteiger partial charge in [-0.25, -0.2) is 0 Å². The van der Waals surface area contributed by atoms with Crippen molar-refractivity contribution >= 4 is 17.9 Å². The summed E-state index contributed by atoms with van der Waals surface area (Å²) in [7, 11) is 0. The van der Waals surface area contributed by atoms with Gasteiger partial charge in [-0.3, -0.25) is 14.4 Å². The van der Waals surface area contributed by atoms with E-state index in [1.54, 1.807) is 0 Å². The van der Waals surface area contributed by atoms with E-state index < -0.39 is 6.10 Å². The third-order valence-corrected chi connectivity index (χ3v) is 10.8. The van der Waals surface area contributed by atoms with Gasteiger partial charge in [-0.05, 0) is 96.3 Å². The quantitative estimate of drug-likeness (QED) is 0.0263. The molecule has 0 aliphatic heterocycles. The predicted octanol–water partition coefficient (Wildman–Crippen LogP) is 16.3. The highest BCUT2D eigenvalue weighted by molar-refractivity contribution is 5.71. The maximum atomic E-state index is 12.8. The van der Waals surface area contributed by atoms with Crippen LogP contribution in [0.15, 0.2) is 48.6 Å². The van der Waals surface area contributed by atoms with E-state index in [-0.39, 0.29) is 31.1 Å². The van der Waals surface area contributed by atoms with E-state index in [1.807, 2.05) is 0 Å². The lowest BCUT2D eigenvalue weighted by Crippen LogP contribution is -2.30. The molecular weight excluding hydrogens is 733 g/mol. The first-order valence-electron chi connectivity index (χ1n) is 25.1. The average Bonchev–Trinajstić information content (AvgIpc) is 3.23. The van der Waals surface area contributed by atoms with Gasteiger partial charge in [-0.1, -0.05) is 185 Å². The van der Waals surface area contributed by atoms with Crippen molar-refractivity contribution in [2.75, 3.05) is 13.2 Å². The van der Waals surface area contributed by atoms with Crippen LogP contribution in [0, 0.1) is 0 Å². The molecule has 0 aromatic rings. The van der Waals surface area contributed by atoms with Crippen molar-refractivity contribution in [3.05, 3.63) is 48.6 Å². The van der Waals surface area contributed by atoms with E-state index in [2.05, 4.69) is 69.4 Å². The molecule has 342 valence electrons. The third-order valence-electron chi connectivity index (χ3n) is 10.8. The number of ether oxygens (including phenoxy) is 3. The first-order valence-corrected chi connectivity index (χ1v) is 25.1. The normalized spacial score (nSPS) is 12.4. The van der Waals surface area contributed by atoms with Crippen LogP contribution in [0.25, 0.3) is 0 Å². The van der Waals surface area contributed by atoms with Gasteiger partial charge in [-0.2, -0.15) is 0 Å². The van der Waals surface area contributed by atoms with Crippen LogP contribution in [0.4, 0.5) is 0 Å². The van der Waals surface area contributed by atoms with E-state index >= 15 is 0 Å². The smallest absolute Gasteiger partial charge is 0.306 e.